The Hall–Kier alpha value is -1.95. The topological polar surface area (TPSA) is 64.9 Å². The van der Waals surface area contributed by atoms with Crippen molar-refractivity contribution < 1.29 is 4.74 Å². The number of aryl methyl sites for hydroxylation is 2. The van der Waals surface area contributed by atoms with Crippen molar-refractivity contribution in [2.75, 3.05) is 13.7 Å². The van der Waals surface area contributed by atoms with Crippen LogP contribution in [0.15, 0.2) is 18.2 Å². The summed E-state index contributed by atoms with van der Waals surface area (Å²) in [7, 11) is 3.48. The minimum atomic E-state index is 0.115. The van der Waals surface area contributed by atoms with Crippen molar-refractivity contribution in [1.82, 2.24) is 25.5 Å². The normalized spacial score (nSPS) is 12.4. The molecule has 0 spiro atoms. The lowest BCUT2D eigenvalue weighted by molar-refractivity contribution is 0.397. The van der Waals surface area contributed by atoms with Gasteiger partial charge >= 0.3 is 0 Å². The number of nitrogens with one attached hydrogen (secondary N) is 1. The predicted molar refractivity (Wildman–Crippen MR) is 81.3 cm³/mol. The van der Waals surface area contributed by atoms with Gasteiger partial charge in [0, 0.05) is 18.0 Å². The standard InChI is InChI=1S/C15H23N5O/c1-5-8-16-13(10-15-17-19-20(3)18-15)12-9-11(2)6-7-14(12)21-4/h6-7,9,13,16H,5,8,10H2,1-4H3. The van der Waals surface area contributed by atoms with E-state index in [1.807, 2.05) is 6.07 Å². The van der Waals surface area contributed by atoms with Crippen LogP contribution in [0.1, 0.15) is 36.3 Å². The van der Waals surface area contributed by atoms with Crippen molar-refractivity contribution >= 4 is 0 Å². The van der Waals surface area contributed by atoms with E-state index in [1.165, 1.54) is 10.4 Å². The predicted octanol–water partition coefficient (Wildman–Crippen LogP) is 1.81. The van der Waals surface area contributed by atoms with E-state index in [2.05, 4.69) is 46.7 Å². The highest BCUT2D eigenvalue weighted by atomic mass is 16.5. The summed E-state index contributed by atoms with van der Waals surface area (Å²) in [5.41, 5.74) is 2.35. The third-order valence-electron chi connectivity index (χ3n) is 3.34. The minimum absolute atomic E-state index is 0.115. The third-order valence-corrected chi connectivity index (χ3v) is 3.34. The average molecular weight is 289 g/mol. The molecule has 1 N–H and O–H groups in total. The van der Waals surface area contributed by atoms with Crippen LogP contribution in [0.2, 0.25) is 0 Å². The Morgan fingerprint density at radius 3 is 2.81 bits per heavy atom. The van der Waals surface area contributed by atoms with Crippen LogP contribution in [-0.4, -0.2) is 33.9 Å². The molecule has 1 unspecified atom stereocenters. The van der Waals surface area contributed by atoms with Crippen molar-refractivity contribution in [3.05, 3.63) is 35.2 Å². The number of ether oxygens (including phenoxy) is 1. The molecule has 0 radical (unpaired) electrons. The molecule has 0 fully saturated rings. The smallest absolute Gasteiger partial charge is 0.176 e. The fourth-order valence-electron chi connectivity index (χ4n) is 2.32. The van der Waals surface area contributed by atoms with E-state index in [4.69, 9.17) is 4.74 Å². The zero-order valence-electron chi connectivity index (χ0n) is 13.1. The van der Waals surface area contributed by atoms with Gasteiger partial charge in [-0.2, -0.15) is 4.80 Å². The van der Waals surface area contributed by atoms with Crippen LogP contribution in [0.3, 0.4) is 0 Å². The number of rotatable bonds is 7. The first-order valence-corrected chi connectivity index (χ1v) is 7.24. The highest BCUT2D eigenvalue weighted by molar-refractivity contribution is 5.39. The number of methoxy groups -OCH3 is 1. The summed E-state index contributed by atoms with van der Waals surface area (Å²) in [6, 6.07) is 6.33. The highest BCUT2D eigenvalue weighted by Gasteiger charge is 2.18. The molecule has 1 aromatic heterocycles. The van der Waals surface area contributed by atoms with E-state index in [-0.39, 0.29) is 6.04 Å². The summed E-state index contributed by atoms with van der Waals surface area (Å²) in [5, 5.41) is 15.8. The molecule has 21 heavy (non-hydrogen) atoms. The Labute approximate surface area is 125 Å². The largest absolute Gasteiger partial charge is 0.496 e. The summed E-state index contributed by atoms with van der Waals surface area (Å²) < 4.78 is 5.50. The first-order chi connectivity index (χ1) is 10.1. The zero-order chi connectivity index (χ0) is 15.2. The number of aromatic nitrogens is 4. The molecule has 1 atom stereocenters. The summed E-state index contributed by atoms with van der Waals surface area (Å²) in [4.78, 5) is 1.49. The van der Waals surface area contributed by atoms with E-state index in [1.54, 1.807) is 14.2 Å². The van der Waals surface area contributed by atoms with E-state index >= 15 is 0 Å². The van der Waals surface area contributed by atoms with Crippen molar-refractivity contribution in [1.29, 1.82) is 0 Å². The number of benzene rings is 1. The Morgan fingerprint density at radius 1 is 1.38 bits per heavy atom. The summed E-state index contributed by atoms with van der Waals surface area (Å²) in [5.74, 6) is 1.62. The van der Waals surface area contributed by atoms with Crippen LogP contribution in [0.5, 0.6) is 5.75 Å². The first kappa shape index (κ1) is 15.4. The number of hydrogen-bond acceptors (Lipinski definition) is 5. The molecule has 1 aromatic carbocycles. The van der Waals surface area contributed by atoms with Gasteiger partial charge in [0.25, 0.3) is 0 Å². The molecule has 0 bridgehead atoms. The van der Waals surface area contributed by atoms with Gasteiger partial charge in [0.15, 0.2) is 5.82 Å². The molecule has 0 aliphatic carbocycles. The molecular formula is C15H23N5O. The van der Waals surface area contributed by atoms with Gasteiger partial charge in [-0.1, -0.05) is 24.6 Å². The molecule has 2 rings (SSSR count). The Balaban J connectivity index is 2.28. The fourth-order valence-corrected chi connectivity index (χ4v) is 2.32. The lowest BCUT2D eigenvalue weighted by atomic mass is 10.00. The Kier molecular flexibility index (Phi) is 5.27. The monoisotopic (exact) mass is 289 g/mol. The van der Waals surface area contributed by atoms with Crippen LogP contribution < -0.4 is 10.1 Å². The second-order valence-corrected chi connectivity index (χ2v) is 5.15. The van der Waals surface area contributed by atoms with Gasteiger partial charge in [-0.05, 0) is 31.2 Å². The van der Waals surface area contributed by atoms with Crippen LogP contribution in [0.4, 0.5) is 0 Å². The molecule has 2 aromatic rings. The van der Waals surface area contributed by atoms with Crippen LogP contribution in [0.25, 0.3) is 0 Å². The van der Waals surface area contributed by atoms with Gasteiger partial charge in [-0.3, -0.25) is 0 Å². The average Bonchev–Trinajstić information content (AvgIpc) is 2.88. The fraction of sp³-hybridized carbons (Fsp3) is 0.533. The van der Waals surface area contributed by atoms with Crippen molar-refractivity contribution in [2.45, 2.75) is 32.7 Å². The first-order valence-electron chi connectivity index (χ1n) is 7.24. The molecule has 114 valence electrons. The van der Waals surface area contributed by atoms with Gasteiger partial charge in [0.1, 0.15) is 5.75 Å². The molecular weight excluding hydrogens is 266 g/mol. The van der Waals surface area contributed by atoms with E-state index in [0.29, 0.717) is 6.42 Å². The Morgan fingerprint density at radius 2 is 2.19 bits per heavy atom. The molecule has 0 saturated carbocycles. The number of hydrogen-bond donors (Lipinski definition) is 1. The molecule has 0 aliphatic rings. The van der Waals surface area contributed by atoms with E-state index in [0.717, 1.165) is 30.1 Å². The lowest BCUT2D eigenvalue weighted by Gasteiger charge is -2.20. The van der Waals surface area contributed by atoms with Crippen molar-refractivity contribution in [3.8, 4) is 5.75 Å². The van der Waals surface area contributed by atoms with Crippen molar-refractivity contribution in [2.24, 2.45) is 7.05 Å². The molecule has 1 heterocycles. The van der Waals surface area contributed by atoms with Gasteiger partial charge < -0.3 is 10.1 Å². The summed E-state index contributed by atoms with van der Waals surface area (Å²) in [6.45, 7) is 5.17. The highest BCUT2D eigenvalue weighted by Crippen LogP contribution is 2.28. The van der Waals surface area contributed by atoms with Gasteiger partial charge in [-0.25, -0.2) is 0 Å². The van der Waals surface area contributed by atoms with Crippen LogP contribution in [-0.2, 0) is 13.5 Å². The Bertz CT molecular complexity index is 581. The summed E-state index contributed by atoms with van der Waals surface area (Å²) in [6.07, 6.45) is 1.76. The van der Waals surface area contributed by atoms with Gasteiger partial charge in [-0.15, -0.1) is 10.2 Å². The SMILES string of the molecule is CCCNC(Cc1nnn(C)n1)c1cc(C)ccc1OC. The quantitative estimate of drug-likeness (QED) is 0.842. The second kappa shape index (κ2) is 7.17. The molecule has 6 nitrogen and oxygen atoms in total. The van der Waals surface area contributed by atoms with Crippen LogP contribution >= 0.6 is 0 Å². The van der Waals surface area contributed by atoms with E-state index < -0.39 is 0 Å². The number of tetrazole rings is 1. The second-order valence-electron chi connectivity index (χ2n) is 5.15. The minimum Gasteiger partial charge on any atom is -0.496 e. The molecule has 6 heteroatoms. The maximum absolute atomic E-state index is 5.50. The molecule has 0 amide bonds. The maximum atomic E-state index is 5.50. The van der Waals surface area contributed by atoms with Crippen molar-refractivity contribution in [3.63, 3.8) is 0 Å². The zero-order valence-corrected chi connectivity index (χ0v) is 13.1. The summed E-state index contributed by atoms with van der Waals surface area (Å²) >= 11 is 0. The maximum Gasteiger partial charge on any atom is 0.176 e. The number of nitrogens with zero attached hydrogens (tertiary/aromatic N) is 4. The molecule has 0 aliphatic heterocycles. The van der Waals surface area contributed by atoms with Gasteiger partial charge in [0.05, 0.1) is 14.2 Å². The lowest BCUT2D eigenvalue weighted by Crippen LogP contribution is -2.25. The van der Waals surface area contributed by atoms with E-state index in [9.17, 15) is 0 Å². The van der Waals surface area contributed by atoms with Crippen LogP contribution in [0, 0.1) is 6.92 Å². The third kappa shape index (κ3) is 4.01. The molecule has 0 saturated heterocycles. The van der Waals surface area contributed by atoms with Gasteiger partial charge in [0.2, 0.25) is 0 Å².